The quantitative estimate of drug-likeness (QED) is 0.551. The number of allylic oxidation sites excluding steroid dienone is 2. The number of rotatable bonds is 2. The van der Waals surface area contributed by atoms with E-state index in [1.807, 2.05) is 20.8 Å². The van der Waals surface area contributed by atoms with Gasteiger partial charge in [0.05, 0.1) is 16.2 Å². The van der Waals surface area contributed by atoms with Crippen LogP contribution in [0.25, 0.3) is 5.57 Å². The van der Waals surface area contributed by atoms with Gasteiger partial charge in [0.15, 0.2) is 0 Å². The van der Waals surface area contributed by atoms with E-state index in [4.69, 9.17) is 0 Å². The van der Waals surface area contributed by atoms with Crippen LogP contribution in [0.2, 0.25) is 0 Å². The highest BCUT2D eigenvalue weighted by atomic mass is 16.6. The first kappa shape index (κ1) is 11.4. The summed E-state index contributed by atoms with van der Waals surface area (Å²) in [4.78, 5) is 14.6. The van der Waals surface area contributed by atoms with Crippen molar-refractivity contribution in [2.24, 2.45) is 0 Å². The van der Waals surface area contributed by atoms with Crippen LogP contribution >= 0.6 is 0 Å². The Labute approximate surface area is 88.8 Å². The summed E-state index contributed by atoms with van der Waals surface area (Å²) < 4.78 is 0. The van der Waals surface area contributed by atoms with Crippen molar-refractivity contribution in [2.45, 2.75) is 27.7 Å². The smallest absolute Gasteiger partial charge is 0.260 e. The molecule has 0 saturated carbocycles. The molecule has 0 unspecified atom stereocenters. The summed E-state index contributed by atoms with van der Waals surface area (Å²) in [7, 11) is 0. The monoisotopic (exact) mass is 206 g/mol. The fourth-order valence-electron chi connectivity index (χ4n) is 1.42. The second-order valence-corrected chi connectivity index (χ2v) is 3.67. The van der Waals surface area contributed by atoms with Gasteiger partial charge in [0.2, 0.25) is 0 Å². The third-order valence-corrected chi connectivity index (χ3v) is 2.44. The highest BCUT2D eigenvalue weighted by molar-refractivity contribution is 5.74. The molecule has 0 fully saturated rings. The zero-order chi connectivity index (χ0) is 11.6. The van der Waals surface area contributed by atoms with Crippen molar-refractivity contribution in [3.63, 3.8) is 0 Å². The standard InChI is InChI=1S/C11H14N2O2/c1-7(2)8(3)11-9(4)12-6-5-10(11)13(14)15/h5-6H,1-4H3. The molecular formula is C11H14N2O2. The van der Waals surface area contributed by atoms with Crippen molar-refractivity contribution < 1.29 is 4.92 Å². The largest absolute Gasteiger partial charge is 0.280 e. The van der Waals surface area contributed by atoms with Gasteiger partial charge in [-0.1, -0.05) is 5.57 Å². The molecule has 0 saturated heterocycles. The summed E-state index contributed by atoms with van der Waals surface area (Å²) in [5.74, 6) is 0. The topological polar surface area (TPSA) is 56.0 Å². The third-order valence-electron chi connectivity index (χ3n) is 2.44. The second-order valence-electron chi connectivity index (χ2n) is 3.67. The molecule has 0 aliphatic rings. The molecule has 0 N–H and O–H groups in total. The molecule has 0 aliphatic carbocycles. The zero-order valence-corrected chi connectivity index (χ0v) is 9.37. The number of hydrogen-bond acceptors (Lipinski definition) is 3. The minimum atomic E-state index is -0.365. The molecule has 0 radical (unpaired) electrons. The molecular weight excluding hydrogens is 192 g/mol. The maximum atomic E-state index is 10.9. The van der Waals surface area contributed by atoms with Gasteiger partial charge < -0.3 is 0 Å². The van der Waals surface area contributed by atoms with E-state index in [1.165, 1.54) is 12.3 Å². The molecule has 0 aromatic carbocycles. The van der Waals surface area contributed by atoms with Crippen molar-refractivity contribution in [1.82, 2.24) is 4.98 Å². The first-order chi connectivity index (χ1) is 6.95. The predicted octanol–water partition coefficient (Wildman–Crippen LogP) is 3.11. The third kappa shape index (κ3) is 2.21. The zero-order valence-electron chi connectivity index (χ0n) is 9.37. The molecule has 1 rings (SSSR count). The van der Waals surface area contributed by atoms with Crippen LogP contribution in [-0.4, -0.2) is 9.91 Å². The number of aromatic nitrogens is 1. The Kier molecular flexibility index (Phi) is 3.19. The lowest BCUT2D eigenvalue weighted by atomic mass is 10.0. The molecule has 0 bridgehead atoms. The van der Waals surface area contributed by atoms with Crippen LogP contribution in [0.5, 0.6) is 0 Å². The Hall–Kier alpha value is -1.71. The molecule has 1 aromatic heterocycles. The fourth-order valence-corrected chi connectivity index (χ4v) is 1.42. The molecule has 15 heavy (non-hydrogen) atoms. The van der Waals surface area contributed by atoms with Crippen LogP contribution in [0.1, 0.15) is 32.0 Å². The lowest BCUT2D eigenvalue weighted by molar-refractivity contribution is -0.385. The number of pyridine rings is 1. The number of aryl methyl sites for hydroxylation is 1. The van der Waals surface area contributed by atoms with Crippen LogP contribution in [0.4, 0.5) is 5.69 Å². The van der Waals surface area contributed by atoms with Gasteiger partial charge in [-0.05, 0) is 33.3 Å². The summed E-state index contributed by atoms with van der Waals surface area (Å²) in [6.45, 7) is 7.54. The van der Waals surface area contributed by atoms with Gasteiger partial charge in [-0.3, -0.25) is 15.1 Å². The van der Waals surface area contributed by atoms with E-state index in [0.29, 0.717) is 11.3 Å². The lowest BCUT2D eigenvalue weighted by Gasteiger charge is -2.07. The molecule has 0 aliphatic heterocycles. The van der Waals surface area contributed by atoms with Gasteiger partial charge in [0.25, 0.3) is 5.69 Å². The molecule has 0 amide bonds. The van der Waals surface area contributed by atoms with Gasteiger partial charge in [0.1, 0.15) is 0 Å². The first-order valence-corrected chi connectivity index (χ1v) is 4.69. The highest BCUT2D eigenvalue weighted by Crippen LogP contribution is 2.29. The summed E-state index contributed by atoms with van der Waals surface area (Å²) in [6, 6.07) is 1.44. The minimum absolute atomic E-state index is 0.126. The Morgan fingerprint density at radius 3 is 2.47 bits per heavy atom. The van der Waals surface area contributed by atoms with Crippen molar-refractivity contribution in [2.75, 3.05) is 0 Å². The fraction of sp³-hybridized carbons (Fsp3) is 0.364. The Morgan fingerprint density at radius 2 is 2.00 bits per heavy atom. The number of nitro groups is 1. The van der Waals surface area contributed by atoms with E-state index >= 15 is 0 Å². The molecule has 4 heteroatoms. The normalized spacial score (nSPS) is 9.87. The summed E-state index contributed by atoms with van der Waals surface area (Å²) in [6.07, 6.45) is 1.47. The van der Waals surface area contributed by atoms with Crippen LogP contribution in [0.15, 0.2) is 17.8 Å². The van der Waals surface area contributed by atoms with Crippen molar-refractivity contribution in [1.29, 1.82) is 0 Å². The van der Waals surface area contributed by atoms with Crippen LogP contribution < -0.4 is 0 Å². The van der Waals surface area contributed by atoms with Crippen LogP contribution in [-0.2, 0) is 0 Å². The molecule has 80 valence electrons. The molecule has 1 heterocycles. The second kappa shape index (κ2) is 4.21. The Balaban J connectivity index is 3.52. The number of nitrogens with zero attached hydrogens (tertiary/aromatic N) is 2. The summed E-state index contributed by atoms with van der Waals surface area (Å²) in [5, 5.41) is 10.9. The van der Waals surface area contributed by atoms with E-state index in [2.05, 4.69) is 4.98 Å². The molecule has 1 aromatic rings. The van der Waals surface area contributed by atoms with E-state index in [0.717, 1.165) is 11.1 Å². The van der Waals surface area contributed by atoms with E-state index in [-0.39, 0.29) is 10.6 Å². The maximum absolute atomic E-state index is 10.9. The summed E-state index contributed by atoms with van der Waals surface area (Å²) in [5.41, 5.74) is 3.45. The molecule has 0 atom stereocenters. The van der Waals surface area contributed by atoms with Gasteiger partial charge in [-0.25, -0.2) is 0 Å². The molecule has 0 spiro atoms. The SMILES string of the molecule is CC(C)=C(C)c1c([N+](=O)[O-])ccnc1C. The van der Waals surface area contributed by atoms with Gasteiger partial charge in [-0.2, -0.15) is 0 Å². The van der Waals surface area contributed by atoms with Crippen molar-refractivity contribution >= 4 is 11.3 Å². The van der Waals surface area contributed by atoms with Crippen LogP contribution in [0, 0.1) is 17.0 Å². The van der Waals surface area contributed by atoms with E-state index in [1.54, 1.807) is 6.92 Å². The Morgan fingerprint density at radius 1 is 1.40 bits per heavy atom. The van der Waals surface area contributed by atoms with E-state index in [9.17, 15) is 10.1 Å². The van der Waals surface area contributed by atoms with Crippen molar-refractivity contribution in [3.05, 3.63) is 39.2 Å². The van der Waals surface area contributed by atoms with Crippen LogP contribution in [0.3, 0.4) is 0 Å². The minimum Gasteiger partial charge on any atom is -0.260 e. The van der Waals surface area contributed by atoms with E-state index < -0.39 is 0 Å². The average molecular weight is 206 g/mol. The lowest BCUT2D eigenvalue weighted by Crippen LogP contribution is -1.99. The van der Waals surface area contributed by atoms with Crippen molar-refractivity contribution in [3.8, 4) is 0 Å². The van der Waals surface area contributed by atoms with Gasteiger partial charge >= 0.3 is 0 Å². The highest BCUT2D eigenvalue weighted by Gasteiger charge is 2.18. The average Bonchev–Trinajstić information content (AvgIpc) is 2.16. The first-order valence-electron chi connectivity index (χ1n) is 4.69. The summed E-state index contributed by atoms with van der Waals surface area (Å²) >= 11 is 0. The Bertz CT molecular complexity index is 432. The number of hydrogen-bond donors (Lipinski definition) is 0. The van der Waals surface area contributed by atoms with Gasteiger partial charge in [0, 0.05) is 12.3 Å². The maximum Gasteiger partial charge on any atom is 0.280 e. The van der Waals surface area contributed by atoms with Gasteiger partial charge in [-0.15, -0.1) is 0 Å². The molecule has 4 nitrogen and oxygen atoms in total. The predicted molar refractivity (Wildman–Crippen MR) is 59.6 cm³/mol.